The molecular weight excluding hydrogens is 251 g/mol. The van der Waals surface area contributed by atoms with Crippen LogP contribution < -0.4 is 10.6 Å². The van der Waals surface area contributed by atoms with E-state index in [0.29, 0.717) is 11.3 Å². The average molecular weight is 272 g/mol. The molecule has 2 rings (SSSR count). The van der Waals surface area contributed by atoms with Crippen molar-refractivity contribution in [2.45, 2.75) is 33.4 Å². The van der Waals surface area contributed by atoms with E-state index in [4.69, 9.17) is 5.73 Å². The minimum absolute atomic E-state index is 0.255. The molecule has 0 amide bonds. The van der Waals surface area contributed by atoms with Crippen LogP contribution in [0.25, 0.3) is 0 Å². The van der Waals surface area contributed by atoms with E-state index < -0.39 is 0 Å². The molecule has 20 heavy (non-hydrogen) atoms. The van der Waals surface area contributed by atoms with Crippen LogP contribution in [0.15, 0.2) is 42.5 Å². The zero-order chi connectivity index (χ0) is 14.7. The maximum Gasteiger partial charge on any atom is 0.128 e. The first kappa shape index (κ1) is 14.4. The summed E-state index contributed by atoms with van der Waals surface area (Å²) in [4.78, 5) is 2.19. The lowest BCUT2D eigenvalue weighted by molar-refractivity contribution is 0.617. The molecule has 0 atom stereocenters. The summed E-state index contributed by atoms with van der Waals surface area (Å²) in [5, 5.41) is 0. The van der Waals surface area contributed by atoms with E-state index in [-0.39, 0.29) is 11.9 Å². The van der Waals surface area contributed by atoms with Crippen LogP contribution in [-0.4, -0.2) is 6.04 Å². The summed E-state index contributed by atoms with van der Waals surface area (Å²) < 4.78 is 13.6. The summed E-state index contributed by atoms with van der Waals surface area (Å²) in [6.07, 6.45) is 0. The molecule has 2 nitrogen and oxygen atoms in total. The molecule has 0 aromatic heterocycles. The smallest absolute Gasteiger partial charge is 0.128 e. The maximum absolute atomic E-state index is 13.6. The molecule has 0 fully saturated rings. The number of halogens is 1. The van der Waals surface area contributed by atoms with Gasteiger partial charge in [-0.05, 0) is 44.0 Å². The van der Waals surface area contributed by atoms with Crippen molar-refractivity contribution in [2.75, 3.05) is 10.6 Å². The van der Waals surface area contributed by atoms with Crippen molar-refractivity contribution in [2.24, 2.45) is 0 Å². The topological polar surface area (TPSA) is 29.3 Å². The van der Waals surface area contributed by atoms with Crippen molar-refractivity contribution in [3.63, 3.8) is 0 Å². The summed E-state index contributed by atoms with van der Waals surface area (Å²) in [7, 11) is 0. The minimum Gasteiger partial charge on any atom is -0.397 e. The first-order chi connectivity index (χ1) is 9.49. The van der Waals surface area contributed by atoms with Crippen LogP contribution >= 0.6 is 0 Å². The van der Waals surface area contributed by atoms with Gasteiger partial charge in [-0.25, -0.2) is 4.39 Å². The van der Waals surface area contributed by atoms with Gasteiger partial charge < -0.3 is 10.6 Å². The number of benzene rings is 2. The first-order valence-corrected chi connectivity index (χ1v) is 6.85. The van der Waals surface area contributed by atoms with E-state index >= 15 is 0 Å². The second-order valence-corrected chi connectivity index (χ2v) is 5.37. The Morgan fingerprint density at radius 2 is 1.80 bits per heavy atom. The third kappa shape index (κ3) is 3.10. The summed E-state index contributed by atoms with van der Waals surface area (Å²) >= 11 is 0. The van der Waals surface area contributed by atoms with E-state index in [9.17, 15) is 4.39 Å². The predicted molar refractivity (Wildman–Crippen MR) is 83.3 cm³/mol. The molecule has 106 valence electrons. The fourth-order valence-corrected chi connectivity index (χ4v) is 2.26. The van der Waals surface area contributed by atoms with Crippen molar-refractivity contribution < 1.29 is 4.39 Å². The van der Waals surface area contributed by atoms with Gasteiger partial charge in [0.05, 0.1) is 11.4 Å². The lowest BCUT2D eigenvalue weighted by Crippen LogP contribution is -2.31. The van der Waals surface area contributed by atoms with Crippen LogP contribution in [0.3, 0.4) is 0 Å². The Labute approximate surface area is 120 Å². The number of rotatable bonds is 4. The molecule has 0 radical (unpaired) electrons. The molecular formula is C17H21FN2. The average Bonchev–Trinajstić information content (AvgIpc) is 2.41. The third-order valence-corrected chi connectivity index (χ3v) is 3.44. The standard InChI is InChI=1S/C17H21FN2/c1-12(2)20(11-14-7-5-4-6-8-14)17-9-13(3)15(18)10-16(17)19/h4-10,12H,11,19H2,1-3H3. The zero-order valence-corrected chi connectivity index (χ0v) is 12.2. The Kier molecular flexibility index (Phi) is 4.28. The number of nitrogens with zero attached hydrogens (tertiary/aromatic N) is 1. The fourth-order valence-electron chi connectivity index (χ4n) is 2.26. The van der Waals surface area contributed by atoms with Gasteiger partial charge in [0.15, 0.2) is 0 Å². The van der Waals surface area contributed by atoms with Gasteiger partial charge in [-0.2, -0.15) is 0 Å². The van der Waals surface area contributed by atoms with E-state index in [1.54, 1.807) is 6.92 Å². The van der Waals surface area contributed by atoms with Gasteiger partial charge in [-0.1, -0.05) is 30.3 Å². The Bertz CT molecular complexity index is 579. The van der Waals surface area contributed by atoms with E-state index in [0.717, 1.165) is 12.2 Å². The monoisotopic (exact) mass is 272 g/mol. The normalized spacial score (nSPS) is 10.8. The highest BCUT2D eigenvalue weighted by atomic mass is 19.1. The fraction of sp³-hybridized carbons (Fsp3) is 0.294. The van der Waals surface area contributed by atoms with Crippen LogP contribution in [0, 0.1) is 12.7 Å². The molecule has 2 aromatic carbocycles. The van der Waals surface area contributed by atoms with Crippen LogP contribution in [0.5, 0.6) is 0 Å². The lowest BCUT2D eigenvalue weighted by atomic mass is 10.1. The SMILES string of the molecule is Cc1cc(N(Cc2ccccc2)C(C)C)c(N)cc1F. The van der Waals surface area contributed by atoms with E-state index in [2.05, 4.69) is 30.9 Å². The van der Waals surface area contributed by atoms with Crippen molar-refractivity contribution in [1.82, 2.24) is 0 Å². The highest BCUT2D eigenvalue weighted by Crippen LogP contribution is 2.29. The molecule has 0 saturated heterocycles. The summed E-state index contributed by atoms with van der Waals surface area (Å²) in [6, 6.07) is 13.7. The molecule has 2 aromatic rings. The van der Waals surface area contributed by atoms with Crippen LogP contribution in [-0.2, 0) is 6.54 Å². The molecule has 0 heterocycles. The number of hydrogen-bond donors (Lipinski definition) is 1. The van der Waals surface area contributed by atoms with Crippen LogP contribution in [0.2, 0.25) is 0 Å². The third-order valence-electron chi connectivity index (χ3n) is 3.44. The van der Waals surface area contributed by atoms with Crippen LogP contribution in [0.4, 0.5) is 15.8 Å². The molecule has 0 aliphatic rings. The Hall–Kier alpha value is -2.03. The van der Waals surface area contributed by atoms with E-state index in [1.807, 2.05) is 24.3 Å². The summed E-state index contributed by atoms with van der Waals surface area (Å²) in [5.74, 6) is -0.255. The number of aryl methyl sites for hydroxylation is 1. The van der Waals surface area contributed by atoms with Gasteiger partial charge in [-0.3, -0.25) is 0 Å². The lowest BCUT2D eigenvalue weighted by Gasteiger charge is -2.30. The molecule has 0 spiro atoms. The Morgan fingerprint density at radius 1 is 1.15 bits per heavy atom. The first-order valence-electron chi connectivity index (χ1n) is 6.85. The minimum atomic E-state index is -0.255. The molecule has 0 aliphatic heterocycles. The number of anilines is 2. The summed E-state index contributed by atoms with van der Waals surface area (Å²) in [6.45, 7) is 6.75. The maximum atomic E-state index is 13.6. The van der Waals surface area contributed by atoms with E-state index in [1.165, 1.54) is 11.6 Å². The predicted octanol–water partition coefficient (Wildman–Crippen LogP) is 4.13. The Balaban J connectivity index is 2.37. The molecule has 2 N–H and O–H groups in total. The zero-order valence-electron chi connectivity index (χ0n) is 12.2. The number of nitrogens with two attached hydrogens (primary N) is 1. The Morgan fingerprint density at radius 3 is 2.40 bits per heavy atom. The van der Waals surface area contributed by atoms with Gasteiger partial charge in [0.1, 0.15) is 5.82 Å². The van der Waals surface area contributed by atoms with Crippen molar-refractivity contribution in [3.05, 3.63) is 59.4 Å². The molecule has 0 aliphatic carbocycles. The van der Waals surface area contributed by atoms with Gasteiger partial charge in [0.2, 0.25) is 0 Å². The molecule has 3 heteroatoms. The highest BCUT2D eigenvalue weighted by Gasteiger charge is 2.15. The van der Waals surface area contributed by atoms with Gasteiger partial charge in [-0.15, -0.1) is 0 Å². The largest absolute Gasteiger partial charge is 0.397 e. The van der Waals surface area contributed by atoms with Crippen molar-refractivity contribution in [1.29, 1.82) is 0 Å². The van der Waals surface area contributed by atoms with Crippen molar-refractivity contribution in [3.8, 4) is 0 Å². The van der Waals surface area contributed by atoms with Gasteiger partial charge >= 0.3 is 0 Å². The van der Waals surface area contributed by atoms with Gasteiger partial charge in [0.25, 0.3) is 0 Å². The quantitative estimate of drug-likeness (QED) is 0.848. The number of hydrogen-bond acceptors (Lipinski definition) is 2. The second kappa shape index (κ2) is 5.95. The van der Waals surface area contributed by atoms with Crippen LogP contribution in [0.1, 0.15) is 25.0 Å². The molecule has 0 bridgehead atoms. The van der Waals surface area contributed by atoms with Crippen molar-refractivity contribution >= 4 is 11.4 Å². The highest BCUT2D eigenvalue weighted by molar-refractivity contribution is 5.69. The second-order valence-electron chi connectivity index (χ2n) is 5.37. The summed E-state index contributed by atoms with van der Waals surface area (Å²) in [5.41, 5.74) is 9.21. The molecule has 0 unspecified atom stereocenters. The van der Waals surface area contributed by atoms with Gasteiger partial charge in [0, 0.05) is 12.6 Å². The molecule has 0 saturated carbocycles. The number of nitrogen functional groups attached to an aromatic ring is 1.